The zero-order valence-electron chi connectivity index (χ0n) is 12.1. The highest BCUT2D eigenvalue weighted by atomic mass is 127. The van der Waals surface area contributed by atoms with Crippen LogP contribution in [0.1, 0.15) is 10.4 Å². The average molecular weight is 530 g/mol. The summed E-state index contributed by atoms with van der Waals surface area (Å²) >= 11 is 11.3. The van der Waals surface area contributed by atoms with Gasteiger partial charge in [-0.15, -0.1) is 0 Å². The molecule has 5 nitrogen and oxygen atoms in total. The maximum atomic E-state index is 13.9. The van der Waals surface area contributed by atoms with Crippen LogP contribution < -0.4 is 10.8 Å². The molecule has 0 aromatic heterocycles. The molecule has 0 saturated heterocycles. The molecule has 0 bridgehead atoms. The highest BCUT2D eigenvalue weighted by Gasteiger charge is 2.16. The number of amides is 1. The van der Waals surface area contributed by atoms with Gasteiger partial charge in [-0.1, -0.05) is 11.6 Å². The van der Waals surface area contributed by atoms with E-state index < -0.39 is 11.7 Å². The second-order valence-corrected chi connectivity index (χ2v) is 7.07. The Bertz CT molecular complexity index is 764. The van der Waals surface area contributed by atoms with Crippen LogP contribution in [0.25, 0.3) is 0 Å². The molecule has 0 aliphatic rings. The molecule has 0 aliphatic heterocycles. The van der Waals surface area contributed by atoms with E-state index in [-0.39, 0.29) is 28.9 Å². The Balaban J connectivity index is 2.33. The van der Waals surface area contributed by atoms with Gasteiger partial charge in [-0.2, -0.15) is 0 Å². The van der Waals surface area contributed by atoms with Gasteiger partial charge in [-0.05, 0) is 68.9 Å². The molecule has 0 spiro atoms. The quantitative estimate of drug-likeness (QED) is 0.298. The molecule has 2 aromatic carbocycles. The number of halogens is 4. The first-order valence-corrected chi connectivity index (χ1v) is 8.91. The summed E-state index contributed by atoms with van der Waals surface area (Å²) in [6, 6.07) is 7.81. The Morgan fingerprint density at radius 1 is 1.33 bits per heavy atom. The molecule has 0 aliphatic carbocycles. The minimum absolute atomic E-state index is 0.0557. The summed E-state index contributed by atoms with van der Waals surface area (Å²) < 4.78 is 15.0. The molecule has 0 fully saturated rings. The molecule has 0 atom stereocenters. The Hall–Kier alpha value is -0.940. The normalized spacial score (nSPS) is 10.5. The van der Waals surface area contributed by atoms with Crippen molar-refractivity contribution in [3.8, 4) is 0 Å². The van der Waals surface area contributed by atoms with Crippen molar-refractivity contribution in [1.82, 2.24) is 5.48 Å². The van der Waals surface area contributed by atoms with E-state index in [2.05, 4.69) is 49.3 Å². The van der Waals surface area contributed by atoms with Gasteiger partial charge in [0.15, 0.2) is 0 Å². The molecule has 128 valence electrons. The Morgan fingerprint density at radius 2 is 2.08 bits per heavy atom. The van der Waals surface area contributed by atoms with Crippen molar-refractivity contribution in [2.75, 3.05) is 18.5 Å². The Morgan fingerprint density at radius 3 is 2.75 bits per heavy atom. The number of aliphatic hydroxyl groups excluding tert-OH is 1. The van der Waals surface area contributed by atoms with Crippen LogP contribution in [0.15, 0.2) is 34.8 Å². The van der Waals surface area contributed by atoms with Crippen molar-refractivity contribution in [2.45, 2.75) is 0 Å². The Kier molecular flexibility index (Phi) is 7.23. The Labute approximate surface area is 164 Å². The number of anilines is 2. The molecule has 0 unspecified atom stereocenters. The van der Waals surface area contributed by atoms with Crippen LogP contribution in [0.5, 0.6) is 0 Å². The fourth-order valence-electron chi connectivity index (χ4n) is 1.79. The number of hydroxylamine groups is 1. The first kappa shape index (κ1) is 19.4. The van der Waals surface area contributed by atoms with Gasteiger partial charge in [-0.25, -0.2) is 9.87 Å². The van der Waals surface area contributed by atoms with E-state index >= 15 is 0 Å². The van der Waals surface area contributed by atoms with E-state index in [4.69, 9.17) is 21.5 Å². The first-order chi connectivity index (χ1) is 11.4. The van der Waals surface area contributed by atoms with E-state index in [1.54, 1.807) is 12.1 Å². The average Bonchev–Trinajstić information content (AvgIpc) is 2.53. The lowest BCUT2D eigenvalue weighted by atomic mass is 10.1. The second kappa shape index (κ2) is 8.95. The summed E-state index contributed by atoms with van der Waals surface area (Å²) in [6.45, 7) is -0.295. The summed E-state index contributed by atoms with van der Waals surface area (Å²) in [6.07, 6.45) is 0. The van der Waals surface area contributed by atoms with Crippen LogP contribution in [-0.4, -0.2) is 24.2 Å². The molecule has 2 rings (SSSR count). The zero-order chi connectivity index (χ0) is 17.7. The fourth-order valence-corrected chi connectivity index (χ4v) is 3.04. The third-order valence-corrected chi connectivity index (χ3v) is 4.46. The van der Waals surface area contributed by atoms with E-state index in [1.807, 2.05) is 6.07 Å². The zero-order valence-corrected chi connectivity index (χ0v) is 16.6. The summed E-state index contributed by atoms with van der Waals surface area (Å²) in [7, 11) is 0. The topological polar surface area (TPSA) is 70.6 Å². The van der Waals surface area contributed by atoms with Gasteiger partial charge >= 0.3 is 0 Å². The van der Waals surface area contributed by atoms with Crippen LogP contribution in [0.2, 0.25) is 5.02 Å². The molecule has 0 heterocycles. The van der Waals surface area contributed by atoms with Crippen molar-refractivity contribution < 1.29 is 19.1 Å². The molecule has 9 heteroatoms. The molecule has 1 amide bonds. The highest BCUT2D eigenvalue weighted by molar-refractivity contribution is 14.1. The third kappa shape index (κ3) is 5.03. The van der Waals surface area contributed by atoms with Crippen molar-refractivity contribution >= 4 is 67.4 Å². The van der Waals surface area contributed by atoms with Gasteiger partial charge in [0.05, 0.1) is 39.6 Å². The van der Waals surface area contributed by atoms with Gasteiger partial charge in [0.2, 0.25) is 0 Å². The van der Waals surface area contributed by atoms with Crippen LogP contribution in [0.3, 0.4) is 0 Å². The molecule has 2 aromatic rings. The molecular weight excluding hydrogens is 517 g/mol. The monoisotopic (exact) mass is 528 g/mol. The number of nitrogens with one attached hydrogen (secondary N) is 2. The van der Waals surface area contributed by atoms with E-state index in [1.165, 1.54) is 12.1 Å². The van der Waals surface area contributed by atoms with Gasteiger partial charge in [0.1, 0.15) is 5.82 Å². The minimum atomic E-state index is -0.590. The number of benzene rings is 2. The lowest BCUT2D eigenvalue weighted by Gasteiger charge is -2.14. The summed E-state index contributed by atoms with van der Waals surface area (Å²) in [5, 5.41) is 12.1. The van der Waals surface area contributed by atoms with Crippen molar-refractivity contribution in [3.63, 3.8) is 0 Å². The predicted octanol–water partition coefficient (Wildman–Crippen LogP) is 4.24. The van der Waals surface area contributed by atoms with Crippen LogP contribution in [0, 0.1) is 9.39 Å². The first-order valence-electron chi connectivity index (χ1n) is 6.66. The lowest BCUT2D eigenvalue weighted by molar-refractivity contribution is 0.0169. The second-order valence-electron chi connectivity index (χ2n) is 4.56. The molecular formula is C15H12BrClFIN2O3. The molecule has 24 heavy (non-hydrogen) atoms. The van der Waals surface area contributed by atoms with Crippen molar-refractivity contribution in [2.24, 2.45) is 0 Å². The third-order valence-electron chi connectivity index (χ3n) is 2.86. The molecule has 0 radical (unpaired) electrons. The van der Waals surface area contributed by atoms with Crippen LogP contribution in [0.4, 0.5) is 15.8 Å². The minimum Gasteiger partial charge on any atom is -0.394 e. The van der Waals surface area contributed by atoms with Crippen LogP contribution >= 0.6 is 50.1 Å². The maximum absolute atomic E-state index is 13.9. The standard InChI is InChI=1S/C15H12BrClFIN2O3/c16-10-6-9(15(23)21-24-4-3-22)14(7-12(10)18)20-13-2-1-8(19)5-11(13)17/h1-2,5-7,20,22H,3-4H2,(H,21,23). The van der Waals surface area contributed by atoms with E-state index in [9.17, 15) is 9.18 Å². The number of carbonyl (C=O) groups excluding carboxylic acids is 1. The highest BCUT2D eigenvalue weighted by Crippen LogP contribution is 2.31. The lowest BCUT2D eigenvalue weighted by Crippen LogP contribution is -2.26. The smallest absolute Gasteiger partial charge is 0.276 e. The van der Waals surface area contributed by atoms with Crippen LogP contribution in [-0.2, 0) is 4.84 Å². The van der Waals surface area contributed by atoms with Gasteiger partial charge in [0.25, 0.3) is 5.91 Å². The number of hydrogen-bond acceptors (Lipinski definition) is 4. The van der Waals surface area contributed by atoms with Crippen molar-refractivity contribution in [1.29, 1.82) is 0 Å². The maximum Gasteiger partial charge on any atom is 0.276 e. The van der Waals surface area contributed by atoms with E-state index in [0.29, 0.717) is 10.7 Å². The molecule has 3 N–H and O–H groups in total. The number of carbonyl (C=O) groups is 1. The van der Waals surface area contributed by atoms with Crippen molar-refractivity contribution in [3.05, 3.63) is 54.8 Å². The fraction of sp³-hybridized carbons (Fsp3) is 0.133. The summed E-state index contributed by atoms with van der Waals surface area (Å²) in [4.78, 5) is 17.0. The van der Waals surface area contributed by atoms with E-state index in [0.717, 1.165) is 3.57 Å². The molecule has 0 saturated carbocycles. The number of rotatable bonds is 6. The largest absolute Gasteiger partial charge is 0.394 e. The van der Waals surface area contributed by atoms with Gasteiger partial charge in [-0.3, -0.25) is 9.63 Å². The number of aliphatic hydroxyl groups is 1. The number of hydrogen-bond donors (Lipinski definition) is 3. The summed E-state index contributed by atoms with van der Waals surface area (Å²) in [5.74, 6) is -1.12. The van der Waals surface area contributed by atoms with Gasteiger partial charge in [0, 0.05) is 3.57 Å². The SMILES string of the molecule is O=C(NOCCO)c1cc(Br)c(F)cc1Nc1ccc(I)cc1Cl. The van der Waals surface area contributed by atoms with Gasteiger partial charge < -0.3 is 10.4 Å². The predicted molar refractivity (Wildman–Crippen MR) is 102 cm³/mol. The summed E-state index contributed by atoms with van der Waals surface area (Å²) in [5.41, 5.74) is 3.09.